The second-order valence-corrected chi connectivity index (χ2v) is 5.46. The van der Waals surface area contributed by atoms with Gasteiger partial charge in [-0.15, -0.1) is 11.3 Å². The molecule has 2 rings (SSSR count). The summed E-state index contributed by atoms with van der Waals surface area (Å²) in [5, 5.41) is 4.37. The van der Waals surface area contributed by atoms with Gasteiger partial charge in [0.1, 0.15) is 5.75 Å². The fourth-order valence-corrected chi connectivity index (χ4v) is 2.40. The van der Waals surface area contributed by atoms with Crippen LogP contribution in [0.25, 0.3) is 0 Å². The van der Waals surface area contributed by atoms with Crippen molar-refractivity contribution in [2.45, 2.75) is 6.92 Å². The Morgan fingerprint density at radius 1 is 1.28 bits per heavy atom. The van der Waals surface area contributed by atoms with E-state index in [0.717, 1.165) is 11.3 Å². The Balaban J connectivity index is 2.01. The van der Waals surface area contributed by atoms with Crippen LogP contribution in [-0.4, -0.2) is 43.2 Å². The molecule has 0 aliphatic heterocycles. The van der Waals surface area contributed by atoms with Gasteiger partial charge in [-0.05, 0) is 25.1 Å². The summed E-state index contributed by atoms with van der Waals surface area (Å²) in [4.78, 5) is 38.9. The highest BCUT2D eigenvalue weighted by Crippen LogP contribution is 2.19. The molecular weight excluding hydrogens is 348 g/mol. The van der Waals surface area contributed by atoms with Crippen LogP contribution in [0.4, 0.5) is 5.13 Å². The number of benzene rings is 1. The minimum Gasteiger partial charge on any atom is -0.482 e. The van der Waals surface area contributed by atoms with Crippen molar-refractivity contribution in [3.63, 3.8) is 0 Å². The average Bonchev–Trinajstić information content (AvgIpc) is 3.08. The molecule has 0 fully saturated rings. The van der Waals surface area contributed by atoms with Gasteiger partial charge in [0.2, 0.25) is 0 Å². The zero-order chi connectivity index (χ0) is 18.2. The average molecular weight is 364 g/mol. The largest absolute Gasteiger partial charge is 0.482 e. The number of nitrogens with one attached hydrogen (secondary N) is 1. The van der Waals surface area contributed by atoms with Crippen LogP contribution in [-0.2, 0) is 14.3 Å². The SMILES string of the molecule is CCOC(=O)c1csc(NC(=O)c2cccc(OCC(=O)OC)c2)n1. The molecule has 0 aliphatic rings. The van der Waals surface area contributed by atoms with Crippen LogP contribution in [0.2, 0.25) is 0 Å². The number of methoxy groups -OCH3 is 1. The van der Waals surface area contributed by atoms with Gasteiger partial charge in [0.15, 0.2) is 17.4 Å². The van der Waals surface area contributed by atoms with E-state index < -0.39 is 17.8 Å². The summed E-state index contributed by atoms with van der Waals surface area (Å²) < 4.78 is 14.6. The van der Waals surface area contributed by atoms with Crippen LogP contribution in [0.5, 0.6) is 5.75 Å². The van der Waals surface area contributed by atoms with Crippen LogP contribution < -0.4 is 10.1 Å². The van der Waals surface area contributed by atoms with Crippen molar-refractivity contribution in [2.75, 3.05) is 25.6 Å². The number of hydrogen-bond donors (Lipinski definition) is 1. The summed E-state index contributed by atoms with van der Waals surface area (Å²) in [5.74, 6) is -1.14. The number of hydrogen-bond acceptors (Lipinski definition) is 8. The Hall–Kier alpha value is -2.94. The highest BCUT2D eigenvalue weighted by Gasteiger charge is 2.14. The molecule has 0 aliphatic carbocycles. The fraction of sp³-hybridized carbons (Fsp3) is 0.250. The summed E-state index contributed by atoms with van der Waals surface area (Å²) >= 11 is 1.11. The van der Waals surface area contributed by atoms with Crippen molar-refractivity contribution in [3.05, 3.63) is 40.9 Å². The summed E-state index contributed by atoms with van der Waals surface area (Å²) in [6.45, 7) is 1.69. The lowest BCUT2D eigenvalue weighted by Crippen LogP contribution is -2.14. The highest BCUT2D eigenvalue weighted by atomic mass is 32.1. The van der Waals surface area contributed by atoms with Gasteiger partial charge in [0.25, 0.3) is 5.91 Å². The number of amides is 1. The first-order valence-electron chi connectivity index (χ1n) is 7.27. The minimum atomic E-state index is -0.544. The van der Waals surface area contributed by atoms with Crippen molar-refractivity contribution in [3.8, 4) is 5.75 Å². The number of thiazole rings is 1. The molecule has 25 heavy (non-hydrogen) atoms. The van der Waals surface area contributed by atoms with Crippen LogP contribution in [0.1, 0.15) is 27.8 Å². The van der Waals surface area contributed by atoms with E-state index in [1.165, 1.54) is 18.6 Å². The van der Waals surface area contributed by atoms with Gasteiger partial charge in [-0.2, -0.15) is 0 Å². The molecule has 1 aromatic heterocycles. The number of nitrogens with zero attached hydrogens (tertiary/aromatic N) is 1. The molecule has 132 valence electrons. The minimum absolute atomic E-state index is 0.136. The van der Waals surface area contributed by atoms with Gasteiger partial charge in [-0.25, -0.2) is 14.6 Å². The first kappa shape index (κ1) is 18.4. The van der Waals surface area contributed by atoms with Gasteiger partial charge in [-0.1, -0.05) is 6.07 Å². The molecule has 8 nitrogen and oxygen atoms in total. The third-order valence-electron chi connectivity index (χ3n) is 2.89. The van der Waals surface area contributed by atoms with E-state index in [2.05, 4.69) is 15.0 Å². The molecule has 0 saturated carbocycles. The van der Waals surface area contributed by atoms with E-state index in [1.807, 2.05) is 0 Å². The fourth-order valence-electron chi connectivity index (χ4n) is 1.73. The maximum Gasteiger partial charge on any atom is 0.357 e. The predicted molar refractivity (Wildman–Crippen MR) is 90.0 cm³/mol. The van der Waals surface area contributed by atoms with Crippen molar-refractivity contribution in [1.82, 2.24) is 4.98 Å². The molecule has 0 saturated heterocycles. The predicted octanol–water partition coefficient (Wildman–Crippen LogP) is 2.12. The Morgan fingerprint density at radius 3 is 2.80 bits per heavy atom. The Bertz CT molecular complexity index is 773. The van der Waals surface area contributed by atoms with E-state index in [9.17, 15) is 14.4 Å². The van der Waals surface area contributed by atoms with E-state index in [-0.39, 0.29) is 24.0 Å². The normalized spacial score (nSPS) is 10.0. The molecule has 1 amide bonds. The second kappa shape index (κ2) is 8.78. The molecule has 0 radical (unpaired) electrons. The molecule has 2 aromatic rings. The van der Waals surface area contributed by atoms with Crippen LogP contribution in [0, 0.1) is 0 Å². The van der Waals surface area contributed by atoms with E-state index in [1.54, 1.807) is 25.1 Å². The second-order valence-electron chi connectivity index (χ2n) is 4.61. The number of carbonyl (C=O) groups is 3. The zero-order valence-electron chi connectivity index (χ0n) is 13.6. The van der Waals surface area contributed by atoms with Gasteiger partial charge in [0.05, 0.1) is 13.7 Å². The molecule has 0 spiro atoms. The summed E-state index contributed by atoms with van der Waals surface area (Å²) in [7, 11) is 1.26. The molecule has 0 atom stereocenters. The third-order valence-corrected chi connectivity index (χ3v) is 3.65. The number of esters is 2. The number of carbonyl (C=O) groups excluding carboxylic acids is 3. The first-order chi connectivity index (χ1) is 12.0. The number of aromatic nitrogens is 1. The van der Waals surface area contributed by atoms with E-state index in [0.29, 0.717) is 11.3 Å². The lowest BCUT2D eigenvalue weighted by Gasteiger charge is -2.07. The molecule has 0 bridgehead atoms. The quantitative estimate of drug-likeness (QED) is 0.751. The lowest BCUT2D eigenvalue weighted by atomic mass is 10.2. The zero-order valence-corrected chi connectivity index (χ0v) is 14.4. The monoisotopic (exact) mass is 364 g/mol. The smallest absolute Gasteiger partial charge is 0.357 e. The van der Waals surface area contributed by atoms with E-state index in [4.69, 9.17) is 9.47 Å². The topological polar surface area (TPSA) is 104 Å². The Labute approximate surface area is 147 Å². The summed E-state index contributed by atoms with van der Waals surface area (Å²) in [5.41, 5.74) is 0.451. The van der Waals surface area contributed by atoms with Crippen LogP contribution >= 0.6 is 11.3 Å². The van der Waals surface area contributed by atoms with Gasteiger partial charge in [0, 0.05) is 10.9 Å². The van der Waals surface area contributed by atoms with Crippen molar-refractivity contribution >= 4 is 34.3 Å². The Morgan fingerprint density at radius 2 is 2.08 bits per heavy atom. The molecule has 1 heterocycles. The van der Waals surface area contributed by atoms with Crippen molar-refractivity contribution < 1.29 is 28.6 Å². The molecule has 0 unspecified atom stereocenters. The lowest BCUT2D eigenvalue weighted by molar-refractivity contribution is -0.142. The van der Waals surface area contributed by atoms with E-state index >= 15 is 0 Å². The molecule has 9 heteroatoms. The van der Waals surface area contributed by atoms with Gasteiger partial charge in [-0.3, -0.25) is 10.1 Å². The van der Waals surface area contributed by atoms with Crippen LogP contribution in [0.3, 0.4) is 0 Å². The summed E-state index contributed by atoms with van der Waals surface area (Å²) in [6, 6.07) is 6.30. The van der Waals surface area contributed by atoms with Gasteiger partial charge < -0.3 is 14.2 Å². The van der Waals surface area contributed by atoms with Crippen LogP contribution in [0.15, 0.2) is 29.6 Å². The Kier molecular flexibility index (Phi) is 6.47. The van der Waals surface area contributed by atoms with Crippen molar-refractivity contribution in [1.29, 1.82) is 0 Å². The molecular formula is C16H16N2O6S. The summed E-state index contributed by atoms with van der Waals surface area (Å²) in [6.07, 6.45) is 0. The number of anilines is 1. The maximum absolute atomic E-state index is 12.3. The molecule has 1 N–H and O–H groups in total. The number of ether oxygens (including phenoxy) is 3. The highest BCUT2D eigenvalue weighted by molar-refractivity contribution is 7.14. The third kappa shape index (κ3) is 5.28. The maximum atomic E-state index is 12.3. The standard InChI is InChI=1S/C16H16N2O6S/c1-3-23-15(21)12-9-25-16(17-12)18-14(20)10-5-4-6-11(7-10)24-8-13(19)22-2/h4-7,9H,3,8H2,1-2H3,(H,17,18,20). The van der Waals surface area contributed by atoms with Gasteiger partial charge >= 0.3 is 11.9 Å². The number of rotatable bonds is 7. The first-order valence-corrected chi connectivity index (χ1v) is 8.15. The van der Waals surface area contributed by atoms with Crippen molar-refractivity contribution in [2.24, 2.45) is 0 Å². The molecule has 1 aromatic carbocycles.